The van der Waals surface area contributed by atoms with Crippen LogP contribution in [0, 0.1) is 11.8 Å². The van der Waals surface area contributed by atoms with Gasteiger partial charge in [-0.15, -0.1) is 0 Å². The van der Waals surface area contributed by atoms with Gasteiger partial charge >= 0.3 is 7.12 Å². The number of nitrogens with zero attached hydrogens (tertiary/aromatic N) is 1. The van der Waals surface area contributed by atoms with Crippen molar-refractivity contribution in [1.29, 1.82) is 0 Å². The summed E-state index contributed by atoms with van der Waals surface area (Å²) in [5.41, 5.74) is 2.51. The van der Waals surface area contributed by atoms with E-state index in [0.29, 0.717) is 11.2 Å². The highest BCUT2D eigenvalue weighted by atomic mass is 16.5. The topological polar surface area (TPSA) is 252 Å². The van der Waals surface area contributed by atoms with Crippen molar-refractivity contribution < 1.29 is 54.4 Å². The minimum atomic E-state index is -3.02. The summed E-state index contributed by atoms with van der Waals surface area (Å²) in [5.74, 6) is -10.4. The van der Waals surface area contributed by atoms with Gasteiger partial charge in [-0.25, -0.2) is 0 Å². The second kappa shape index (κ2) is 11.2. The van der Waals surface area contributed by atoms with E-state index in [-0.39, 0.29) is 30.0 Å². The Morgan fingerprint density at radius 3 is 2.51 bits per heavy atom. The molecule has 1 heterocycles. The lowest BCUT2D eigenvalue weighted by molar-refractivity contribution is -0.162. The molecule has 2 aromatic rings. The third kappa shape index (κ3) is 4.63. The Hall–Kier alpha value is -4.74. The number of benzene rings is 2. The summed E-state index contributed by atoms with van der Waals surface area (Å²) in [7, 11) is 1.82. The van der Waals surface area contributed by atoms with Gasteiger partial charge < -0.3 is 51.6 Å². The highest BCUT2D eigenvalue weighted by molar-refractivity contribution is 6.61. The summed E-state index contributed by atoms with van der Waals surface area (Å²) in [6.45, 7) is 1.52. The fourth-order valence-corrected chi connectivity index (χ4v) is 7.44. The number of phenols is 1. The van der Waals surface area contributed by atoms with Crippen molar-refractivity contribution in [1.82, 2.24) is 4.90 Å². The molecule has 6 rings (SSSR count). The summed E-state index contributed by atoms with van der Waals surface area (Å²) in [4.78, 5) is 53.8. The lowest BCUT2D eigenvalue weighted by Crippen LogP contribution is -2.68. The number of anilines is 2. The molecule has 16 heteroatoms. The highest BCUT2D eigenvalue weighted by Gasteiger charge is 2.67. The van der Waals surface area contributed by atoms with Crippen molar-refractivity contribution in [3.8, 4) is 5.75 Å². The number of likely N-dealkylation sites (N-methyl/N-ethyl adjacent to an activating group) is 1. The molecule has 6 atom stereocenters. The number of nitrogens with two attached hydrogens (primary N) is 1. The van der Waals surface area contributed by atoms with Gasteiger partial charge in [-0.2, -0.15) is 0 Å². The molecule has 2 amide bonds. The number of hydrogen-bond acceptors (Lipinski definition) is 13. The quantitative estimate of drug-likeness (QED) is 0.103. The molecule has 0 spiro atoms. The lowest BCUT2D eigenvalue weighted by Gasteiger charge is -2.53. The molecule has 0 aromatic heterocycles. The van der Waals surface area contributed by atoms with Crippen molar-refractivity contribution in [2.45, 2.75) is 37.2 Å². The molecule has 10 N–H and O–H groups in total. The van der Waals surface area contributed by atoms with Gasteiger partial charge in [0, 0.05) is 17.2 Å². The average molecular weight is 648 g/mol. The highest BCUT2D eigenvalue weighted by Crippen LogP contribution is 2.56. The van der Waals surface area contributed by atoms with Crippen LogP contribution < -0.4 is 21.8 Å². The van der Waals surface area contributed by atoms with Gasteiger partial charge in [0.15, 0.2) is 11.4 Å². The van der Waals surface area contributed by atoms with Crippen LogP contribution in [0.5, 0.6) is 5.75 Å². The minimum absolute atomic E-state index is 0.0194. The molecule has 0 saturated carbocycles. The van der Waals surface area contributed by atoms with Crippen LogP contribution in [0.3, 0.4) is 0 Å². The van der Waals surface area contributed by atoms with E-state index in [4.69, 9.17) is 10.4 Å². The van der Waals surface area contributed by atoms with Crippen LogP contribution >= 0.6 is 0 Å². The zero-order valence-corrected chi connectivity index (χ0v) is 25.5. The first-order valence-corrected chi connectivity index (χ1v) is 14.8. The third-order valence-corrected chi connectivity index (χ3v) is 9.66. The van der Waals surface area contributed by atoms with Gasteiger partial charge in [0.2, 0.25) is 11.7 Å². The number of nitrogens with one attached hydrogen (secondary N) is 2. The Balaban J connectivity index is 1.33. The van der Waals surface area contributed by atoms with E-state index in [1.165, 1.54) is 31.1 Å². The van der Waals surface area contributed by atoms with E-state index in [9.17, 15) is 49.7 Å². The Morgan fingerprint density at radius 1 is 1.15 bits per heavy atom. The van der Waals surface area contributed by atoms with Gasteiger partial charge in [0.1, 0.15) is 22.8 Å². The molecule has 3 aliphatic carbocycles. The van der Waals surface area contributed by atoms with Gasteiger partial charge in [-0.3, -0.25) is 24.1 Å². The smallest absolute Gasteiger partial charge is 0.491 e. The molecule has 0 saturated heterocycles. The van der Waals surface area contributed by atoms with Crippen molar-refractivity contribution >= 4 is 47.3 Å². The number of carbonyl (C=O) groups excluding carboxylic acids is 4. The molecule has 6 unspecified atom stereocenters. The summed E-state index contributed by atoms with van der Waals surface area (Å²) in [6.07, 6.45) is -1.71. The Kier molecular flexibility index (Phi) is 7.68. The van der Waals surface area contributed by atoms with Crippen LogP contribution in [0.4, 0.5) is 11.4 Å². The normalized spacial score (nSPS) is 28.1. The number of primary amides is 1. The monoisotopic (exact) mass is 648 g/mol. The number of amides is 2. The predicted octanol–water partition coefficient (Wildman–Crippen LogP) is -1.08. The molecule has 246 valence electrons. The molecule has 2 aromatic carbocycles. The number of ketones is 2. The van der Waals surface area contributed by atoms with E-state index >= 15 is 0 Å². The van der Waals surface area contributed by atoms with Crippen molar-refractivity contribution in [2.24, 2.45) is 17.6 Å². The van der Waals surface area contributed by atoms with Gasteiger partial charge in [0.05, 0.1) is 42.5 Å². The SMILES string of the molecule is CC1c2ccc(NCC(=O)Nc3ccc4c(c3)B(O)OC4)c(O)c2C(=O)C2=C(O)C3(O)C(=O)C(C(N)=O)=C(O)C(N(C)C)C3C(O)C21. The maximum absolute atomic E-state index is 14.0. The first kappa shape index (κ1) is 32.2. The molecule has 47 heavy (non-hydrogen) atoms. The largest absolute Gasteiger partial charge is 0.510 e. The number of Topliss-reactive ketones (excluding diaryl/α,β-unsaturated/α-hetero) is 2. The number of aliphatic hydroxyl groups is 4. The second-order valence-electron chi connectivity index (χ2n) is 12.5. The predicted molar refractivity (Wildman–Crippen MR) is 166 cm³/mol. The van der Waals surface area contributed by atoms with E-state index in [1.807, 2.05) is 0 Å². The van der Waals surface area contributed by atoms with Crippen LogP contribution in [0.25, 0.3) is 0 Å². The number of phenolic OH excluding ortho intramolecular Hbond substituents is 1. The van der Waals surface area contributed by atoms with Crippen LogP contribution in [0.15, 0.2) is 53.0 Å². The molecule has 0 bridgehead atoms. The number of aromatic hydroxyl groups is 1. The standard InChI is InChI=1S/C31H33BN4O11/c1-11-14-6-7-16(34-9-17(37)35-13-5-4-12-10-47-32(46)15(12)8-13)24(38)19(14)25(39)20-18(11)26(40)22-23(36(2)3)27(41)21(30(33)44)29(43)31(22,45)28(20)42/h4-8,11,18,22-23,26,34,38,40-42,45-46H,9-10H2,1-3H3,(H2,33,44)(H,35,37). The number of fused-ring (bicyclic) bond motifs is 4. The first-order valence-electron chi connectivity index (χ1n) is 14.8. The summed E-state index contributed by atoms with van der Waals surface area (Å²) >= 11 is 0. The van der Waals surface area contributed by atoms with Crippen LogP contribution in [-0.2, 0) is 25.6 Å². The Bertz CT molecular complexity index is 1820. The maximum Gasteiger partial charge on any atom is 0.491 e. The second-order valence-corrected chi connectivity index (χ2v) is 12.5. The molecule has 1 aliphatic heterocycles. The number of carbonyl (C=O) groups is 4. The zero-order valence-electron chi connectivity index (χ0n) is 25.5. The fraction of sp³-hybridized carbons (Fsp3) is 0.355. The minimum Gasteiger partial charge on any atom is -0.510 e. The van der Waals surface area contributed by atoms with E-state index in [2.05, 4.69) is 10.6 Å². The van der Waals surface area contributed by atoms with E-state index in [1.54, 1.807) is 25.1 Å². The summed E-state index contributed by atoms with van der Waals surface area (Å²) in [6, 6.07) is 6.53. The van der Waals surface area contributed by atoms with E-state index < -0.39 is 94.4 Å². The molecule has 0 radical (unpaired) electrons. The molecule has 4 aliphatic rings. The maximum atomic E-state index is 14.0. The van der Waals surface area contributed by atoms with Crippen LogP contribution in [0.2, 0.25) is 0 Å². The van der Waals surface area contributed by atoms with Crippen molar-refractivity contribution in [2.75, 3.05) is 31.3 Å². The summed E-state index contributed by atoms with van der Waals surface area (Å²) < 4.78 is 5.16. The molecule has 15 nitrogen and oxygen atoms in total. The summed E-state index contributed by atoms with van der Waals surface area (Å²) in [5, 5.41) is 72.6. The molecular formula is C31H33BN4O11. The molecular weight excluding hydrogens is 615 g/mol. The zero-order chi connectivity index (χ0) is 34.3. The average Bonchev–Trinajstić information content (AvgIpc) is 3.37. The number of rotatable bonds is 6. The Labute approximate surface area is 268 Å². The van der Waals surface area contributed by atoms with Crippen LogP contribution in [0.1, 0.15) is 34.3 Å². The fourth-order valence-electron chi connectivity index (χ4n) is 7.44. The van der Waals surface area contributed by atoms with Gasteiger partial charge in [-0.1, -0.05) is 19.1 Å². The van der Waals surface area contributed by atoms with Gasteiger partial charge in [-0.05, 0) is 54.8 Å². The lowest BCUT2D eigenvalue weighted by atomic mass is 9.55. The molecule has 0 fully saturated rings. The Morgan fingerprint density at radius 2 is 1.85 bits per heavy atom. The first-order chi connectivity index (χ1) is 22.1. The van der Waals surface area contributed by atoms with Crippen molar-refractivity contribution in [3.05, 3.63) is 69.7 Å². The third-order valence-electron chi connectivity index (χ3n) is 9.66. The number of hydrogen-bond donors (Lipinski definition) is 9. The van der Waals surface area contributed by atoms with E-state index in [0.717, 1.165) is 5.56 Å². The van der Waals surface area contributed by atoms with Crippen LogP contribution in [-0.4, -0.2) is 104 Å². The van der Waals surface area contributed by atoms with Gasteiger partial charge in [0.25, 0.3) is 5.91 Å². The number of aliphatic hydroxyl groups excluding tert-OH is 3. The van der Waals surface area contributed by atoms with Crippen molar-refractivity contribution in [3.63, 3.8) is 0 Å².